The Labute approximate surface area is 154 Å². The van der Waals surface area contributed by atoms with E-state index in [-0.39, 0.29) is 5.91 Å². The molecule has 0 spiro atoms. The molecule has 0 unspecified atom stereocenters. The number of anilines is 1. The van der Waals surface area contributed by atoms with E-state index in [9.17, 15) is 4.79 Å². The van der Waals surface area contributed by atoms with Crippen LogP contribution in [0, 0.1) is 0 Å². The summed E-state index contributed by atoms with van der Waals surface area (Å²) in [6, 6.07) is 24.4. The number of carbonyl (C=O) groups is 1. The standard InChI is InChI=1S/C20H17BrN2O2/c21-18-12-6-4-8-15(18)14-25-19-13-7-5-11-17(19)20(24)23-22-16-9-2-1-3-10-16/h1-13,22H,14H2,(H,23,24). The molecule has 0 bridgehead atoms. The first-order chi connectivity index (χ1) is 12.2. The van der Waals surface area contributed by atoms with Gasteiger partial charge in [0.1, 0.15) is 12.4 Å². The van der Waals surface area contributed by atoms with Crippen molar-refractivity contribution in [3.8, 4) is 5.75 Å². The van der Waals surface area contributed by atoms with E-state index in [2.05, 4.69) is 26.8 Å². The quantitative estimate of drug-likeness (QED) is 0.589. The molecule has 0 radical (unpaired) electrons. The molecule has 0 heterocycles. The van der Waals surface area contributed by atoms with Crippen LogP contribution in [0.5, 0.6) is 5.75 Å². The van der Waals surface area contributed by atoms with Crippen molar-refractivity contribution >= 4 is 27.5 Å². The lowest BCUT2D eigenvalue weighted by molar-refractivity contribution is 0.0958. The SMILES string of the molecule is O=C(NNc1ccccc1)c1ccccc1OCc1ccccc1Br. The van der Waals surface area contributed by atoms with Crippen molar-refractivity contribution in [2.75, 3.05) is 5.43 Å². The van der Waals surface area contributed by atoms with Crippen LogP contribution in [-0.2, 0) is 6.61 Å². The number of ether oxygens (including phenoxy) is 1. The fourth-order valence-electron chi connectivity index (χ4n) is 2.27. The molecule has 1 amide bonds. The van der Waals surface area contributed by atoms with Gasteiger partial charge in [-0.05, 0) is 30.3 Å². The third-order valence-corrected chi connectivity index (χ3v) is 4.34. The van der Waals surface area contributed by atoms with E-state index in [4.69, 9.17) is 4.74 Å². The minimum absolute atomic E-state index is 0.258. The number of hydrogen-bond acceptors (Lipinski definition) is 3. The molecule has 0 aromatic heterocycles. The van der Waals surface area contributed by atoms with Crippen LogP contribution in [0.2, 0.25) is 0 Å². The lowest BCUT2D eigenvalue weighted by Crippen LogP contribution is -2.29. The maximum Gasteiger partial charge on any atom is 0.273 e. The molecule has 0 atom stereocenters. The molecule has 3 aromatic rings. The Morgan fingerprint density at radius 1 is 0.880 bits per heavy atom. The fraction of sp³-hybridized carbons (Fsp3) is 0.0500. The topological polar surface area (TPSA) is 50.4 Å². The lowest BCUT2D eigenvalue weighted by Gasteiger charge is -2.13. The van der Waals surface area contributed by atoms with Crippen molar-refractivity contribution < 1.29 is 9.53 Å². The lowest BCUT2D eigenvalue weighted by atomic mass is 10.2. The van der Waals surface area contributed by atoms with E-state index in [0.717, 1.165) is 15.7 Å². The highest BCUT2D eigenvalue weighted by molar-refractivity contribution is 9.10. The van der Waals surface area contributed by atoms with Gasteiger partial charge in [0.25, 0.3) is 5.91 Å². The molecule has 0 saturated heterocycles. The van der Waals surface area contributed by atoms with Gasteiger partial charge in [0.2, 0.25) is 0 Å². The van der Waals surface area contributed by atoms with Crippen molar-refractivity contribution in [2.45, 2.75) is 6.61 Å². The summed E-state index contributed by atoms with van der Waals surface area (Å²) in [5, 5.41) is 0. The summed E-state index contributed by atoms with van der Waals surface area (Å²) in [6.07, 6.45) is 0. The zero-order valence-electron chi connectivity index (χ0n) is 13.4. The van der Waals surface area contributed by atoms with E-state index in [0.29, 0.717) is 17.9 Å². The largest absolute Gasteiger partial charge is 0.488 e. The third-order valence-electron chi connectivity index (χ3n) is 3.57. The predicted molar refractivity (Wildman–Crippen MR) is 102 cm³/mol. The molecular formula is C20H17BrN2O2. The van der Waals surface area contributed by atoms with Crippen LogP contribution >= 0.6 is 15.9 Å². The van der Waals surface area contributed by atoms with Gasteiger partial charge < -0.3 is 4.74 Å². The molecule has 4 nitrogen and oxygen atoms in total. The van der Waals surface area contributed by atoms with Crippen molar-refractivity contribution in [2.24, 2.45) is 0 Å². The highest BCUT2D eigenvalue weighted by Crippen LogP contribution is 2.22. The predicted octanol–water partition coefficient (Wildman–Crippen LogP) is 4.79. The Hall–Kier alpha value is -2.79. The average molecular weight is 397 g/mol. The molecule has 126 valence electrons. The first kappa shape index (κ1) is 17.0. The molecule has 2 N–H and O–H groups in total. The van der Waals surface area contributed by atoms with Crippen LogP contribution in [0.25, 0.3) is 0 Å². The smallest absolute Gasteiger partial charge is 0.273 e. The second-order valence-corrected chi connectivity index (χ2v) is 6.18. The number of hydrazine groups is 1. The van der Waals surface area contributed by atoms with Gasteiger partial charge >= 0.3 is 0 Å². The fourth-order valence-corrected chi connectivity index (χ4v) is 2.67. The van der Waals surface area contributed by atoms with Crippen molar-refractivity contribution in [3.05, 3.63) is 94.5 Å². The van der Waals surface area contributed by atoms with Crippen LogP contribution < -0.4 is 15.6 Å². The molecule has 5 heteroatoms. The third kappa shape index (κ3) is 4.61. The number of carbonyl (C=O) groups excluding carboxylic acids is 1. The molecule has 0 saturated carbocycles. The van der Waals surface area contributed by atoms with Crippen LogP contribution in [0.3, 0.4) is 0 Å². The van der Waals surface area contributed by atoms with E-state index < -0.39 is 0 Å². The van der Waals surface area contributed by atoms with Gasteiger partial charge in [0, 0.05) is 10.0 Å². The van der Waals surface area contributed by atoms with E-state index in [1.54, 1.807) is 12.1 Å². The Bertz CT molecular complexity index is 853. The first-order valence-electron chi connectivity index (χ1n) is 7.80. The van der Waals surface area contributed by atoms with Crippen molar-refractivity contribution in [1.82, 2.24) is 5.43 Å². The van der Waals surface area contributed by atoms with Crippen LogP contribution in [0.15, 0.2) is 83.3 Å². The molecule has 0 fully saturated rings. The van der Waals surface area contributed by atoms with Crippen LogP contribution in [0.1, 0.15) is 15.9 Å². The van der Waals surface area contributed by atoms with Gasteiger partial charge in [-0.3, -0.25) is 15.6 Å². The molecule has 0 aliphatic rings. The summed E-state index contributed by atoms with van der Waals surface area (Å²) in [5.41, 5.74) is 7.87. The summed E-state index contributed by atoms with van der Waals surface area (Å²) >= 11 is 3.50. The average Bonchev–Trinajstić information content (AvgIpc) is 2.66. The minimum Gasteiger partial charge on any atom is -0.488 e. The summed E-state index contributed by atoms with van der Waals surface area (Å²) < 4.78 is 6.83. The number of amides is 1. The molecule has 3 rings (SSSR count). The number of hydrogen-bond donors (Lipinski definition) is 2. The normalized spacial score (nSPS) is 10.1. The Morgan fingerprint density at radius 2 is 1.56 bits per heavy atom. The number of halogens is 1. The van der Waals surface area contributed by atoms with E-state index in [1.165, 1.54) is 0 Å². The van der Waals surface area contributed by atoms with Gasteiger partial charge in [-0.1, -0.05) is 64.5 Å². The summed E-state index contributed by atoms with van der Waals surface area (Å²) in [5.74, 6) is 0.275. The number of benzene rings is 3. The van der Waals surface area contributed by atoms with Crippen molar-refractivity contribution in [1.29, 1.82) is 0 Å². The molecule has 3 aromatic carbocycles. The maximum atomic E-state index is 12.5. The zero-order valence-corrected chi connectivity index (χ0v) is 15.0. The highest BCUT2D eigenvalue weighted by atomic mass is 79.9. The molecule has 0 aliphatic heterocycles. The summed E-state index contributed by atoms with van der Waals surface area (Å²) in [6.45, 7) is 0.373. The Morgan fingerprint density at radius 3 is 2.36 bits per heavy atom. The number of para-hydroxylation sites is 2. The van der Waals surface area contributed by atoms with Crippen LogP contribution in [0.4, 0.5) is 5.69 Å². The second kappa shape index (κ2) is 8.35. The zero-order chi connectivity index (χ0) is 17.5. The Kier molecular flexibility index (Phi) is 5.69. The van der Waals surface area contributed by atoms with Gasteiger partial charge in [0.15, 0.2) is 0 Å². The van der Waals surface area contributed by atoms with Crippen molar-refractivity contribution in [3.63, 3.8) is 0 Å². The second-order valence-electron chi connectivity index (χ2n) is 5.32. The van der Waals surface area contributed by atoms with E-state index >= 15 is 0 Å². The first-order valence-corrected chi connectivity index (χ1v) is 8.60. The van der Waals surface area contributed by atoms with E-state index in [1.807, 2.05) is 66.7 Å². The van der Waals surface area contributed by atoms with Gasteiger partial charge in [0.05, 0.1) is 11.3 Å². The summed E-state index contributed by atoms with van der Waals surface area (Å²) in [7, 11) is 0. The molecule has 0 aliphatic carbocycles. The number of nitrogens with one attached hydrogen (secondary N) is 2. The maximum absolute atomic E-state index is 12.5. The molecule has 25 heavy (non-hydrogen) atoms. The monoisotopic (exact) mass is 396 g/mol. The Balaban J connectivity index is 1.68. The highest BCUT2D eigenvalue weighted by Gasteiger charge is 2.12. The summed E-state index contributed by atoms with van der Waals surface area (Å²) in [4.78, 5) is 12.5. The van der Waals surface area contributed by atoms with Gasteiger partial charge in [-0.15, -0.1) is 0 Å². The molecular weight excluding hydrogens is 380 g/mol. The van der Waals surface area contributed by atoms with Gasteiger partial charge in [-0.2, -0.15) is 0 Å². The van der Waals surface area contributed by atoms with Crippen LogP contribution in [-0.4, -0.2) is 5.91 Å². The number of rotatable bonds is 6. The van der Waals surface area contributed by atoms with Gasteiger partial charge in [-0.25, -0.2) is 0 Å². The minimum atomic E-state index is -0.258.